The van der Waals surface area contributed by atoms with Gasteiger partial charge in [-0.1, -0.05) is 48.2 Å². The summed E-state index contributed by atoms with van der Waals surface area (Å²) in [5.41, 5.74) is 1.88. The Labute approximate surface area is 148 Å². The van der Waals surface area contributed by atoms with E-state index in [2.05, 4.69) is 20.3 Å². The summed E-state index contributed by atoms with van der Waals surface area (Å²) < 4.78 is 7.54. The standard InChI is InChI=1S/C18H15N5OS/c1-13(16-20-21-17(24-16)14-8-4-2-5-9-14)25-18-19-12-23(22-18)15-10-6-3-7-11-15/h2-13H,1H3/t13-/m1/s1. The molecule has 0 spiro atoms. The first-order valence-corrected chi connectivity index (χ1v) is 8.70. The Morgan fingerprint density at radius 3 is 2.44 bits per heavy atom. The molecule has 0 saturated heterocycles. The van der Waals surface area contributed by atoms with E-state index >= 15 is 0 Å². The molecule has 0 saturated carbocycles. The second-order valence-electron chi connectivity index (χ2n) is 5.38. The molecule has 0 fully saturated rings. The summed E-state index contributed by atoms with van der Waals surface area (Å²) in [6.07, 6.45) is 1.70. The molecule has 2 aromatic heterocycles. The fourth-order valence-electron chi connectivity index (χ4n) is 2.31. The third kappa shape index (κ3) is 3.46. The maximum atomic E-state index is 5.79. The molecule has 0 N–H and O–H groups in total. The molecule has 6 nitrogen and oxygen atoms in total. The van der Waals surface area contributed by atoms with Gasteiger partial charge in [-0.15, -0.1) is 15.3 Å². The van der Waals surface area contributed by atoms with Crippen molar-refractivity contribution in [2.75, 3.05) is 0 Å². The molecule has 124 valence electrons. The van der Waals surface area contributed by atoms with Crippen LogP contribution >= 0.6 is 11.8 Å². The molecule has 0 unspecified atom stereocenters. The van der Waals surface area contributed by atoms with E-state index in [-0.39, 0.29) is 5.25 Å². The molecule has 7 heteroatoms. The summed E-state index contributed by atoms with van der Waals surface area (Å²) in [6.45, 7) is 2.00. The smallest absolute Gasteiger partial charge is 0.247 e. The van der Waals surface area contributed by atoms with Gasteiger partial charge in [-0.05, 0) is 31.2 Å². The van der Waals surface area contributed by atoms with E-state index in [0.29, 0.717) is 16.9 Å². The molecule has 4 rings (SSSR count). The van der Waals surface area contributed by atoms with E-state index in [1.807, 2.05) is 67.6 Å². The van der Waals surface area contributed by atoms with Gasteiger partial charge in [0.2, 0.25) is 16.9 Å². The minimum Gasteiger partial charge on any atom is -0.419 e. The van der Waals surface area contributed by atoms with Gasteiger partial charge < -0.3 is 4.42 Å². The van der Waals surface area contributed by atoms with Gasteiger partial charge in [0.25, 0.3) is 0 Å². The lowest BCUT2D eigenvalue weighted by Gasteiger charge is -2.02. The Bertz CT molecular complexity index is 952. The Morgan fingerprint density at radius 2 is 1.68 bits per heavy atom. The van der Waals surface area contributed by atoms with Gasteiger partial charge in [0.1, 0.15) is 6.33 Å². The quantitative estimate of drug-likeness (QED) is 0.504. The molecular formula is C18H15N5OS. The fourth-order valence-corrected chi connectivity index (χ4v) is 3.07. The zero-order valence-electron chi connectivity index (χ0n) is 13.5. The third-order valence-electron chi connectivity index (χ3n) is 3.58. The Hall–Kier alpha value is -2.93. The van der Waals surface area contributed by atoms with Crippen LogP contribution in [0.15, 0.2) is 76.6 Å². The second-order valence-corrected chi connectivity index (χ2v) is 6.69. The van der Waals surface area contributed by atoms with E-state index in [1.165, 1.54) is 11.8 Å². The predicted octanol–water partition coefficient (Wildman–Crippen LogP) is 4.17. The largest absolute Gasteiger partial charge is 0.419 e. The van der Waals surface area contributed by atoms with Crippen molar-refractivity contribution in [3.63, 3.8) is 0 Å². The molecule has 0 aliphatic rings. The molecular weight excluding hydrogens is 334 g/mol. The van der Waals surface area contributed by atoms with Crippen molar-refractivity contribution in [1.29, 1.82) is 0 Å². The summed E-state index contributed by atoms with van der Waals surface area (Å²) in [6, 6.07) is 19.6. The number of hydrogen-bond donors (Lipinski definition) is 0. The van der Waals surface area contributed by atoms with Crippen molar-refractivity contribution in [2.45, 2.75) is 17.3 Å². The summed E-state index contributed by atoms with van der Waals surface area (Å²) in [4.78, 5) is 4.35. The second kappa shape index (κ2) is 6.90. The fraction of sp³-hybridized carbons (Fsp3) is 0.111. The number of hydrogen-bond acceptors (Lipinski definition) is 6. The van der Waals surface area contributed by atoms with Crippen LogP contribution in [0.4, 0.5) is 0 Å². The Kier molecular flexibility index (Phi) is 4.30. The van der Waals surface area contributed by atoms with E-state index in [0.717, 1.165) is 11.3 Å². The molecule has 1 atom stereocenters. The van der Waals surface area contributed by atoms with Crippen molar-refractivity contribution in [3.05, 3.63) is 72.9 Å². The van der Waals surface area contributed by atoms with E-state index in [1.54, 1.807) is 11.0 Å². The maximum absolute atomic E-state index is 5.79. The highest BCUT2D eigenvalue weighted by Gasteiger charge is 2.18. The Balaban J connectivity index is 1.49. The molecule has 0 bridgehead atoms. The van der Waals surface area contributed by atoms with Gasteiger partial charge in [-0.25, -0.2) is 9.67 Å². The summed E-state index contributed by atoms with van der Waals surface area (Å²) >= 11 is 1.48. The van der Waals surface area contributed by atoms with Crippen LogP contribution in [0.2, 0.25) is 0 Å². The van der Waals surface area contributed by atoms with Crippen molar-refractivity contribution in [1.82, 2.24) is 25.0 Å². The molecule has 0 aliphatic carbocycles. The monoisotopic (exact) mass is 349 g/mol. The Morgan fingerprint density at radius 1 is 0.960 bits per heavy atom. The van der Waals surface area contributed by atoms with Gasteiger partial charge in [-0.3, -0.25) is 0 Å². The third-order valence-corrected chi connectivity index (χ3v) is 4.54. The van der Waals surface area contributed by atoms with Crippen LogP contribution in [0, 0.1) is 0 Å². The topological polar surface area (TPSA) is 69.6 Å². The van der Waals surface area contributed by atoms with Gasteiger partial charge in [0, 0.05) is 5.56 Å². The average molecular weight is 349 g/mol. The first kappa shape index (κ1) is 15.6. The van der Waals surface area contributed by atoms with E-state index in [9.17, 15) is 0 Å². The van der Waals surface area contributed by atoms with E-state index < -0.39 is 0 Å². The molecule has 0 amide bonds. The normalized spacial score (nSPS) is 12.2. The summed E-state index contributed by atoms with van der Waals surface area (Å²) in [5.74, 6) is 1.07. The minimum atomic E-state index is -0.0448. The number of benzene rings is 2. The first-order chi connectivity index (χ1) is 12.3. The van der Waals surface area contributed by atoms with Gasteiger partial charge in [0.05, 0.1) is 10.9 Å². The van der Waals surface area contributed by atoms with Crippen molar-refractivity contribution in [2.24, 2.45) is 0 Å². The number of para-hydroxylation sites is 1. The summed E-state index contributed by atoms with van der Waals surface area (Å²) in [7, 11) is 0. The first-order valence-electron chi connectivity index (χ1n) is 7.82. The highest BCUT2D eigenvalue weighted by Crippen LogP contribution is 2.33. The zero-order chi connectivity index (χ0) is 17.1. The predicted molar refractivity (Wildman–Crippen MR) is 95.4 cm³/mol. The highest BCUT2D eigenvalue weighted by atomic mass is 32.2. The number of thioether (sulfide) groups is 1. The molecule has 25 heavy (non-hydrogen) atoms. The average Bonchev–Trinajstić information content (AvgIpc) is 3.33. The highest BCUT2D eigenvalue weighted by molar-refractivity contribution is 7.99. The van der Waals surface area contributed by atoms with Gasteiger partial charge in [-0.2, -0.15) is 0 Å². The molecule has 0 aliphatic heterocycles. The molecule has 4 aromatic rings. The van der Waals surface area contributed by atoms with Gasteiger partial charge in [0.15, 0.2) is 0 Å². The summed E-state index contributed by atoms with van der Waals surface area (Å²) in [5, 5.41) is 13.4. The SMILES string of the molecule is C[C@@H](Sc1ncn(-c2ccccc2)n1)c1nnc(-c2ccccc2)o1. The number of rotatable bonds is 5. The number of nitrogens with zero attached hydrogens (tertiary/aromatic N) is 5. The van der Waals surface area contributed by atoms with Crippen LogP contribution in [-0.4, -0.2) is 25.0 Å². The van der Waals surface area contributed by atoms with Crippen LogP contribution in [0.1, 0.15) is 18.1 Å². The molecule has 0 radical (unpaired) electrons. The van der Waals surface area contributed by atoms with Gasteiger partial charge >= 0.3 is 0 Å². The minimum absolute atomic E-state index is 0.0448. The lowest BCUT2D eigenvalue weighted by Crippen LogP contribution is -1.94. The molecule has 2 aromatic carbocycles. The lowest BCUT2D eigenvalue weighted by molar-refractivity contribution is 0.509. The molecule has 2 heterocycles. The zero-order valence-corrected chi connectivity index (χ0v) is 14.3. The van der Waals surface area contributed by atoms with Crippen LogP contribution in [0.25, 0.3) is 17.1 Å². The lowest BCUT2D eigenvalue weighted by atomic mass is 10.2. The van der Waals surface area contributed by atoms with E-state index in [4.69, 9.17) is 4.42 Å². The number of aromatic nitrogens is 5. The van der Waals surface area contributed by atoms with Crippen LogP contribution in [-0.2, 0) is 0 Å². The van der Waals surface area contributed by atoms with Crippen molar-refractivity contribution < 1.29 is 4.42 Å². The van der Waals surface area contributed by atoms with Crippen LogP contribution in [0.3, 0.4) is 0 Å². The van der Waals surface area contributed by atoms with Crippen LogP contribution in [0.5, 0.6) is 0 Å². The maximum Gasteiger partial charge on any atom is 0.247 e. The van der Waals surface area contributed by atoms with Crippen molar-refractivity contribution >= 4 is 11.8 Å². The van der Waals surface area contributed by atoms with Crippen molar-refractivity contribution in [3.8, 4) is 17.1 Å². The van der Waals surface area contributed by atoms with Crippen LogP contribution < -0.4 is 0 Å².